The molecular weight excluding hydrogens is 853 g/mol. The van der Waals surface area contributed by atoms with Crippen molar-refractivity contribution in [3.63, 3.8) is 0 Å². The van der Waals surface area contributed by atoms with E-state index in [1.54, 1.807) is 146 Å². The minimum Gasteiger partial charge on any atom is -0.289 e. The molecule has 2 heterocycles. The lowest BCUT2D eigenvalue weighted by Gasteiger charge is -2.09. The Morgan fingerprint density at radius 2 is 0.471 bits per heavy atom. The number of benzene rings is 12. The number of hydrogen-bond donors (Lipinski definition) is 0. The van der Waals surface area contributed by atoms with Crippen LogP contribution in [0.2, 0.25) is 0 Å². The fourth-order valence-corrected chi connectivity index (χ4v) is 10.3. The second kappa shape index (κ2) is 13.4. The van der Waals surface area contributed by atoms with Crippen molar-refractivity contribution < 1.29 is 0 Å². The fourth-order valence-electron chi connectivity index (χ4n) is 10.3. The van der Waals surface area contributed by atoms with Crippen molar-refractivity contribution in [2.75, 3.05) is 0 Å². The van der Waals surface area contributed by atoms with Gasteiger partial charge < -0.3 is 0 Å². The molecule has 0 N–H and O–H groups in total. The minimum atomic E-state index is -0.333. The predicted octanol–water partition coefficient (Wildman–Crippen LogP) is 7.43. The van der Waals surface area contributed by atoms with Crippen LogP contribution in [0.25, 0.3) is 130 Å². The third kappa shape index (κ3) is 4.91. The van der Waals surface area contributed by atoms with Crippen LogP contribution in [0, 0.1) is 0 Å². The Morgan fingerprint density at radius 1 is 0.235 bits per heavy atom. The van der Waals surface area contributed by atoms with E-state index in [0.29, 0.717) is 97.7 Å². The van der Waals surface area contributed by atoms with Gasteiger partial charge in [-0.25, -0.2) is 19.9 Å². The highest BCUT2D eigenvalue weighted by Crippen LogP contribution is 2.29. The van der Waals surface area contributed by atoms with E-state index in [1.807, 2.05) is 0 Å². The van der Waals surface area contributed by atoms with Crippen molar-refractivity contribution in [3.8, 4) is 0 Å². The number of hydrogen-bond acceptors (Lipinski definition) is 12. The molecule has 0 aliphatic carbocycles. The maximum atomic E-state index is 14.3. The van der Waals surface area contributed by atoms with Crippen molar-refractivity contribution in [3.05, 3.63) is 218 Å². The summed E-state index contributed by atoms with van der Waals surface area (Å²) in [6.45, 7) is 0. The van der Waals surface area contributed by atoms with Gasteiger partial charge in [0.2, 0.25) is 0 Å². The van der Waals surface area contributed by atoms with Gasteiger partial charge in [0, 0.05) is 75.4 Å². The fraction of sp³-hybridized carbons (Fsp3) is 0. The first-order valence-electron chi connectivity index (χ1n) is 21.6. The van der Waals surface area contributed by atoms with Crippen molar-refractivity contribution in [1.82, 2.24) is 19.9 Å². The van der Waals surface area contributed by atoms with Crippen molar-refractivity contribution in [1.29, 1.82) is 0 Å². The quantitative estimate of drug-likeness (QED) is 0.0915. The summed E-state index contributed by atoms with van der Waals surface area (Å²) in [4.78, 5) is 104. The molecule has 0 aliphatic rings. The lowest BCUT2D eigenvalue weighted by molar-refractivity contribution is 1.10. The van der Waals surface area contributed by atoms with Gasteiger partial charge in [-0.15, -0.1) is 10.2 Å². The molecule has 0 amide bonds. The molecule has 68 heavy (non-hydrogen) atoms. The van der Waals surface area contributed by atoms with Gasteiger partial charge in [0.05, 0.1) is 43.9 Å². The van der Waals surface area contributed by atoms with Gasteiger partial charge in [-0.1, -0.05) is 97.1 Å². The zero-order valence-electron chi connectivity index (χ0n) is 35.0. The first-order valence-corrected chi connectivity index (χ1v) is 21.6. The SMILES string of the molecule is O=c1c2ccccc2c(=O)c2c1ccc1nc3c(ccc4c(=O)c5ccccc5c(=NN=c5c6ccccc6c(=O)c6ccc7nc8c(ccc9c(=O)c%10ccccc%10c(=O)c98)nc7c56)c43)nc12. The molecule has 14 aromatic rings. The van der Waals surface area contributed by atoms with E-state index >= 15 is 0 Å². The summed E-state index contributed by atoms with van der Waals surface area (Å²) in [5.41, 5.74) is 0.808. The molecule has 12 nitrogen and oxygen atoms in total. The molecule has 0 radical (unpaired) electrons. The van der Waals surface area contributed by atoms with Crippen molar-refractivity contribution in [2.24, 2.45) is 10.2 Å². The van der Waals surface area contributed by atoms with Gasteiger partial charge in [0.25, 0.3) is 0 Å². The lowest BCUT2D eigenvalue weighted by Crippen LogP contribution is -2.17. The maximum Gasteiger partial charge on any atom is 0.196 e. The summed E-state index contributed by atoms with van der Waals surface area (Å²) < 4.78 is 0. The normalized spacial score (nSPS) is 12.9. The highest BCUT2D eigenvalue weighted by molar-refractivity contribution is 6.16. The van der Waals surface area contributed by atoms with E-state index in [4.69, 9.17) is 30.1 Å². The first-order chi connectivity index (χ1) is 33.2. The molecule has 2 aromatic heterocycles. The van der Waals surface area contributed by atoms with Crippen LogP contribution in [0.1, 0.15) is 0 Å². The van der Waals surface area contributed by atoms with Crippen LogP contribution in [0.3, 0.4) is 0 Å². The van der Waals surface area contributed by atoms with E-state index in [2.05, 4.69) is 0 Å². The molecule has 0 saturated carbocycles. The highest BCUT2D eigenvalue weighted by Gasteiger charge is 2.21. The number of fused-ring (bicyclic) bond motifs is 16. The van der Waals surface area contributed by atoms with Gasteiger partial charge in [-0.3, -0.25) is 28.8 Å². The molecule has 314 valence electrons. The van der Waals surface area contributed by atoms with Crippen LogP contribution in [0.15, 0.2) is 185 Å². The van der Waals surface area contributed by atoms with Crippen LogP contribution in [-0.4, -0.2) is 19.9 Å². The summed E-state index contributed by atoms with van der Waals surface area (Å²) in [5.74, 6) is 0. The van der Waals surface area contributed by atoms with Crippen LogP contribution < -0.4 is 43.3 Å². The van der Waals surface area contributed by atoms with E-state index in [0.717, 1.165) is 0 Å². The number of nitrogens with zero attached hydrogens (tertiary/aromatic N) is 6. The van der Waals surface area contributed by atoms with Gasteiger partial charge in [0.1, 0.15) is 21.7 Å². The Bertz CT molecular complexity index is 4920. The third-order valence-electron chi connectivity index (χ3n) is 13.4. The van der Waals surface area contributed by atoms with Crippen molar-refractivity contribution >= 4 is 130 Å². The van der Waals surface area contributed by atoms with E-state index in [-0.39, 0.29) is 75.9 Å². The zero-order chi connectivity index (χ0) is 45.7. The number of rotatable bonds is 1. The summed E-state index contributed by atoms with van der Waals surface area (Å²) >= 11 is 0. The van der Waals surface area contributed by atoms with Crippen molar-refractivity contribution in [2.45, 2.75) is 0 Å². The second-order valence-corrected chi connectivity index (χ2v) is 16.9. The molecule has 0 fully saturated rings. The van der Waals surface area contributed by atoms with Gasteiger partial charge >= 0.3 is 0 Å². The smallest absolute Gasteiger partial charge is 0.196 e. The molecule has 0 spiro atoms. The largest absolute Gasteiger partial charge is 0.289 e. The summed E-state index contributed by atoms with van der Waals surface area (Å²) in [5, 5.41) is 15.8. The van der Waals surface area contributed by atoms with Crippen LogP contribution in [-0.2, 0) is 0 Å². The topological polar surface area (TPSA) is 179 Å². The molecule has 0 bridgehead atoms. The molecule has 0 saturated heterocycles. The van der Waals surface area contributed by atoms with Gasteiger partial charge in [-0.2, -0.15) is 0 Å². The molecule has 12 heteroatoms. The second-order valence-electron chi connectivity index (χ2n) is 16.9. The van der Waals surface area contributed by atoms with Crippen LogP contribution in [0.4, 0.5) is 0 Å². The standard InChI is InChI=1S/C56H24N6O6/c63-51-27-11-3-1-9-25(27)45(41-33(51)17-21-37-47(41)57-39-23-19-35-43(49(39)59-37)55(67)31-15-7-5-13-29(31)53(35)65)61-62-46-26-10-2-4-12-28(26)52(64)34-18-22-38-48(42(34)46)58-40-24-20-36-44(50(40)60-38)56(68)32-16-8-6-14-30(32)54(36)66/h1-24H. The average molecular weight is 877 g/mol. The summed E-state index contributed by atoms with van der Waals surface area (Å²) in [7, 11) is 0. The third-order valence-corrected chi connectivity index (χ3v) is 13.4. The monoisotopic (exact) mass is 876 g/mol. The Hall–Kier alpha value is -9.68. The van der Waals surface area contributed by atoms with E-state index in [9.17, 15) is 28.8 Å². The Kier molecular flexibility index (Phi) is 7.44. The van der Waals surface area contributed by atoms with E-state index < -0.39 is 0 Å². The predicted molar refractivity (Wildman–Crippen MR) is 268 cm³/mol. The summed E-state index contributed by atoms with van der Waals surface area (Å²) in [6, 6.07) is 40.7. The Labute approximate surface area is 376 Å². The Morgan fingerprint density at radius 3 is 0.779 bits per heavy atom. The summed E-state index contributed by atoms with van der Waals surface area (Å²) in [6.07, 6.45) is 0. The number of aromatic nitrogens is 4. The maximum absolute atomic E-state index is 14.3. The molecule has 0 unspecified atom stereocenters. The zero-order valence-corrected chi connectivity index (χ0v) is 35.0. The van der Waals surface area contributed by atoms with Gasteiger partial charge in [-0.05, 0) is 48.5 Å². The molecular formula is C56H24N6O6. The molecule has 14 rings (SSSR count). The lowest BCUT2D eigenvalue weighted by atomic mass is 9.99. The first kappa shape index (κ1) is 37.7. The van der Waals surface area contributed by atoms with E-state index in [1.165, 1.54) is 0 Å². The minimum absolute atomic E-state index is 0.164. The average Bonchev–Trinajstić information content (AvgIpc) is 3.38. The van der Waals surface area contributed by atoms with Crippen LogP contribution in [0.5, 0.6) is 0 Å². The van der Waals surface area contributed by atoms with Gasteiger partial charge in [0.15, 0.2) is 32.6 Å². The molecule has 0 atom stereocenters. The van der Waals surface area contributed by atoms with Crippen LogP contribution >= 0.6 is 0 Å². The molecule has 0 aliphatic heterocycles. The highest BCUT2D eigenvalue weighted by atomic mass is 16.1. The molecule has 12 aromatic carbocycles. The Balaban J connectivity index is 1.13.